The molecule has 1 aromatic carbocycles. The first-order valence-corrected chi connectivity index (χ1v) is 7.48. The lowest BCUT2D eigenvalue weighted by Crippen LogP contribution is -2.38. The van der Waals surface area contributed by atoms with Gasteiger partial charge in [-0.3, -0.25) is 0 Å². The fourth-order valence-electron chi connectivity index (χ4n) is 1.43. The molecule has 0 amide bonds. The second kappa shape index (κ2) is 7.52. The highest BCUT2D eigenvalue weighted by Crippen LogP contribution is 2.21. The third-order valence-electron chi connectivity index (χ3n) is 2.49. The molecular formula is C13H20Br2N2. The second-order valence-electron chi connectivity index (χ2n) is 4.58. The number of hydrogen-bond donors (Lipinski definition) is 2. The van der Waals surface area contributed by atoms with Crippen LogP contribution in [0.25, 0.3) is 0 Å². The minimum absolute atomic E-state index is 0.466. The van der Waals surface area contributed by atoms with E-state index < -0.39 is 0 Å². The van der Waals surface area contributed by atoms with Crippen molar-refractivity contribution in [2.24, 2.45) is 0 Å². The first kappa shape index (κ1) is 15.2. The number of nitrogens with one attached hydrogen (secondary N) is 2. The molecule has 17 heavy (non-hydrogen) atoms. The van der Waals surface area contributed by atoms with E-state index in [0.717, 1.165) is 22.0 Å². The van der Waals surface area contributed by atoms with Gasteiger partial charge in [-0.25, -0.2) is 0 Å². The van der Waals surface area contributed by atoms with Crippen LogP contribution in [0.1, 0.15) is 26.3 Å². The Balaban J connectivity index is 2.39. The zero-order valence-corrected chi connectivity index (χ0v) is 13.7. The van der Waals surface area contributed by atoms with Crippen LogP contribution in [0.3, 0.4) is 0 Å². The molecule has 1 rings (SSSR count). The molecule has 1 unspecified atom stereocenters. The lowest BCUT2D eigenvalue weighted by Gasteiger charge is -2.17. The Morgan fingerprint density at radius 2 is 1.82 bits per heavy atom. The van der Waals surface area contributed by atoms with Crippen LogP contribution < -0.4 is 10.6 Å². The smallest absolute Gasteiger partial charge is 0.0231 e. The Morgan fingerprint density at radius 3 is 2.41 bits per heavy atom. The number of benzene rings is 1. The molecule has 1 atom stereocenters. The van der Waals surface area contributed by atoms with Crippen LogP contribution in [0.15, 0.2) is 27.1 Å². The van der Waals surface area contributed by atoms with E-state index in [1.54, 1.807) is 0 Å². The summed E-state index contributed by atoms with van der Waals surface area (Å²) >= 11 is 7.03. The predicted octanol–water partition coefficient (Wildman–Crippen LogP) is 3.69. The fraction of sp³-hybridized carbons (Fsp3) is 0.538. The molecular weight excluding hydrogens is 344 g/mol. The summed E-state index contributed by atoms with van der Waals surface area (Å²) in [5, 5.41) is 6.93. The van der Waals surface area contributed by atoms with Gasteiger partial charge in [0.1, 0.15) is 0 Å². The van der Waals surface area contributed by atoms with Crippen molar-refractivity contribution in [3.63, 3.8) is 0 Å². The highest BCUT2D eigenvalue weighted by atomic mass is 79.9. The van der Waals surface area contributed by atoms with Gasteiger partial charge in [0, 0.05) is 34.1 Å². The van der Waals surface area contributed by atoms with Gasteiger partial charge in [-0.15, -0.1) is 0 Å². The van der Waals surface area contributed by atoms with E-state index in [4.69, 9.17) is 0 Å². The van der Waals surface area contributed by atoms with Gasteiger partial charge in [-0.1, -0.05) is 51.8 Å². The molecule has 0 aromatic heterocycles. The van der Waals surface area contributed by atoms with E-state index in [1.807, 2.05) is 0 Å². The summed E-state index contributed by atoms with van der Waals surface area (Å²) in [6, 6.07) is 7.28. The summed E-state index contributed by atoms with van der Waals surface area (Å²) in [7, 11) is 0. The summed E-state index contributed by atoms with van der Waals surface area (Å²) in [5.41, 5.74) is 1.28. The van der Waals surface area contributed by atoms with Crippen LogP contribution in [0, 0.1) is 0 Å². The van der Waals surface area contributed by atoms with Crippen molar-refractivity contribution < 1.29 is 0 Å². The van der Waals surface area contributed by atoms with Crippen LogP contribution in [-0.2, 0) is 6.54 Å². The molecule has 0 bridgehead atoms. The van der Waals surface area contributed by atoms with Crippen molar-refractivity contribution in [1.29, 1.82) is 0 Å². The molecule has 0 saturated carbocycles. The average molecular weight is 364 g/mol. The minimum atomic E-state index is 0.466. The quantitative estimate of drug-likeness (QED) is 0.805. The number of halogens is 2. The topological polar surface area (TPSA) is 24.1 Å². The van der Waals surface area contributed by atoms with Crippen LogP contribution >= 0.6 is 31.9 Å². The summed E-state index contributed by atoms with van der Waals surface area (Å²) in [6.45, 7) is 8.40. The van der Waals surface area contributed by atoms with Gasteiger partial charge in [0.2, 0.25) is 0 Å². The molecule has 0 aliphatic rings. The minimum Gasteiger partial charge on any atom is -0.313 e. The first-order chi connectivity index (χ1) is 7.99. The van der Waals surface area contributed by atoms with Crippen molar-refractivity contribution in [2.75, 3.05) is 6.54 Å². The molecule has 0 fully saturated rings. The normalized spacial score (nSPS) is 13.1. The molecule has 0 aliphatic carbocycles. The highest BCUT2D eigenvalue weighted by molar-refractivity contribution is 9.11. The largest absolute Gasteiger partial charge is 0.313 e. The molecule has 0 radical (unpaired) electrons. The Labute approximate surface area is 121 Å². The maximum atomic E-state index is 3.57. The summed E-state index contributed by atoms with van der Waals surface area (Å²) in [4.78, 5) is 0. The van der Waals surface area contributed by atoms with Crippen molar-refractivity contribution in [3.05, 3.63) is 32.7 Å². The zero-order valence-electron chi connectivity index (χ0n) is 10.6. The zero-order chi connectivity index (χ0) is 12.8. The Hall–Kier alpha value is 0.1000. The third-order valence-corrected chi connectivity index (χ3v) is 3.72. The predicted molar refractivity (Wildman–Crippen MR) is 81.3 cm³/mol. The van der Waals surface area contributed by atoms with Crippen molar-refractivity contribution in [3.8, 4) is 0 Å². The van der Waals surface area contributed by atoms with Crippen LogP contribution in [0.5, 0.6) is 0 Å². The Kier molecular flexibility index (Phi) is 6.70. The van der Waals surface area contributed by atoms with E-state index in [-0.39, 0.29) is 0 Å². The first-order valence-electron chi connectivity index (χ1n) is 5.89. The van der Waals surface area contributed by atoms with Gasteiger partial charge in [-0.05, 0) is 24.6 Å². The maximum Gasteiger partial charge on any atom is 0.0231 e. The van der Waals surface area contributed by atoms with E-state index in [1.165, 1.54) is 5.56 Å². The van der Waals surface area contributed by atoms with Crippen molar-refractivity contribution in [2.45, 2.75) is 39.4 Å². The van der Waals surface area contributed by atoms with Gasteiger partial charge in [0.15, 0.2) is 0 Å². The SMILES string of the molecule is CC(C)NCC(C)NCc1ccc(Br)cc1Br. The number of rotatable bonds is 6. The maximum absolute atomic E-state index is 3.57. The lowest BCUT2D eigenvalue weighted by atomic mass is 10.2. The summed E-state index contributed by atoms with van der Waals surface area (Å²) in [5.74, 6) is 0. The molecule has 0 heterocycles. The Morgan fingerprint density at radius 1 is 1.12 bits per heavy atom. The molecule has 0 spiro atoms. The van der Waals surface area contributed by atoms with E-state index >= 15 is 0 Å². The van der Waals surface area contributed by atoms with Crippen LogP contribution in [0.4, 0.5) is 0 Å². The molecule has 4 heteroatoms. The van der Waals surface area contributed by atoms with E-state index in [0.29, 0.717) is 12.1 Å². The molecule has 1 aromatic rings. The van der Waals surface area contributed by atoms with E-state index in [9.17, 15) is 0 Å². The Bertz CT molecular complexity index is 353. The molecule has 96 valence electrons. The standard InChI is InChI=1S/C13H20Br2N2/c1-9(2)16-7-10(3)17-8-11-4-5-12(14)6-13(11)15/h4-6,9-10,16-17H,7-8H2,1-3H3. The van der Waals surface area contributed by atoms with Gasteiger partial charge in [-0.2, -0.15) is 0 Å². The molecule has 2 N–H and O–H groups in total. The van der Waals surface area contributed by atoms with Crippen molar-refractivity contribution >= 4 is 31.9 Å². The van der Waals surface area contributed by atoms with Crippen LogP contribution in [-0.4, -0.2) is 18.6 Å². The third kappa shape index (κ3) is 6.00. The molecule has 2 nitrogen and oxygen atoms in total. The van der Waals surface area contributed by atoms with Gasteiger partial charge in [0.25, 0.3) is 0 Å². The highest BCUT2D eigenvalue weighted by Gasteiger charge is 2.04. The average Bonchev–Trinajstić information content (AvgIpc) is 2.25. The molecule has 0 saturated heterocycles. The summed E-state index contributed by atoms with van der Waals surface area (Å²) in [6.07, 6.45) is 0. The number of hydrogen-bond acceptors (Lipinski definition) is 2. The van der Waals surface area contributed by atoms with E-state index in [2.05, 4.69) is 81.5 Å². The second-order valence-corrected chi connectivity index (χ2v) is 6.35. The van der Waals surface area contributed by atoms with Gasteiger partial charge in [0.05, 0.1) is 0 Å². The monoisotopic (exact) mass is 362 g/mol. The van der Waals surface area contributed by atoms with Crippen molar-refractivity contribution in [1.82, 2.24) is 10.6 Å². The summed E-state index contributed by atoms with van der Waals surface area (Å²) < 4.78 is 2.24. The van der Waals surface area contributed by atoms with Gasteiger partial charge < -0.3 is 10.6 Å². The van der Waals surface area contributed by atoms with Crippen LogP contribution in [0.2, 0.25) is 0 Å². The lowest BCUT2D eigenvalue weighted by molar-refractivity contribution is 0.473. The molecule has 0 aliphatic heterocycles. The fourth-order valence-corrected chi connectivity index (χ4v) is 2.62. The van der Waals surface area contributed by atoms with Gasteiger partial charge >= 0.3 is 0 Å².